The largest absolute Gasteiger partial charge is 0.480 e. The van der Waals surface area contributed by atoms with Crippen molar-refractivity contribution in [3.8, 4) is 0 Å². The third-order valence-corrected chi connectivity index (χ3v) is 3.87. The Morgan fingerprint density at radius 3 is 2.50 bits per heavy atom. The fourth-order valence-corrected chi connectivity index (χ4v) is 2.54. The van der Waals surface area contributed by atoms with E-state index in [9.17, 15) is 14.7 Å². The topological polar surface area (TPSA) is 88.5 Å². The fraction of sp³-hybridized carbons (Fsp3) is 0.150. The molecule has 26 heavy (non-hydrogen) atoms. The molecule has 0 aliphatic heterocycles. The van der Waals surface area contributed by atoms with Gasteiger partial charge in [0.1, 0.15) is 12.6 Å². The van der Waals surface area contributed by atoms with Crippen LogP contribution in [-0.2, 0) is 22.6 Å². The lowest BCUT2D eigenvalue weighted by atomic mass is 10.1. The van der Waals surface area contributed by atoms with Crippen LogP contribution in [0, 0.1) is 0 Å². The summed E-state index contributed by atoms with van der Waals surface area (Å²) in [6.45, 7) is 0.0766. The van der Waals surface area contributed by atoms with Gasteiger partial charge in [-0.25, -0.2) is 9.59 Å². The van der Waals surface area contributed by atoms with Gasteiger partial charge in [-0.1, -0.05) is 54.6 Å². The van der Waals surface area contributed by atoms with E-state index in [1.54, 1.807) is 6.07 Å². The molecule has 0 unspecified atom stereocenters. The highest BCUT2D eigenvalue weighted by atomic mass is 16.5. The van der Waals surface area contributed by atoms with Crippen LogP contribution in [0.1, 0.15) is 11.3 Å². The maximum absolute atomic E-state index is 11.9. The van der Waals surface area contributed by atoms with Crippen molar-refractivity contribution in [2.75, 3.05) is 0 Å². The lowest BCUT2D eigenvalue weighted by Gasteiger charge is -2.14. The van der Waals surface area contributed by atoms with Crippen molar-refractivity contribution in [1.29, 1.82) is 0 Å². The predicted molar refractivity (Wildman–Crippen MR) is 96.6 cm³/mol. The summed E-state index contributed by atoms with van der Waals surface area (Å²) in [6, 6.07) is 19.3. The van der Waals surface area contributed by atoms with Crippen LogP contribution >= 0.6 is 0 Å². The van der Waals surface area contributed by atoms with E-state index in [0.717, 1.165) is 16.5 Å². The number of nitrogens with zero attached hydrogens (tertiary/aromatic N) is 1. The molecule has 6 nitrogen and oxygen atoms in total. The Morgan fingerprint density at radius 1 is 1.00 bits per heavy atom. The first-order valence-corrected chi connectivity index (χ1v) is 8.16. The van der Waals surface area contributed by atoms with E-state index in [2.05, 4.69) is 10.3 Å². The minimum atomic E-state index is -1.14. The van der Waals surface area contributed by atoms with Gasteiger partial charge in [0.25, 0.3) is 0 Å². The normalized spacial score (nSPS) is 11.7. The molecule has 1 amide bonds. The molecule has 6 heteroatoms. The van der Waals surface area contributed by atoms with Gasteiger partial charge in [-0.15, -0.1) is 0 Å². The Balaban J connectivity index is 1.62. The van der Waals surface area contributed by atoms with Crippen molar-refractivity contribution < 1.29 is 19.4 Å². The number of hydrogen-bond acceptors (Lipinski definition) is 4. The highest BCUT2D eigenvalue weighted by molar-refractivity contribution is 5.81. The highest BCUT2D eigenvalue weighted by Crippen LogP contribution is 2.13. The molecule has 0 fully saturated rings. The molecular formula is C20H18N2O4. The summed E-state index contributed by atoms with van der Waals surface area (Å²) in [5.74, 6) is -1.14. The number of para-hydroxylation sites is 1. The molecule has 132 valence electrons. The summed E-state index contributed by atoms with van der Waals surface area (Å²) < 4.78 is 5.08. The molecule has 0 aliphatic rings. The van der Waals surface area contributed by atoms with E-state index in [0.29, 0.717) is 5.69 Å². The molecule has 0 bridgehead atoms. The maximum Gasteiger partial charge on any atom is 0.408 e. The first kappa shape index (κ1) is 17.4. The minimum absolute atomic E-state index is 0.0700. The number of alkyl carbamates (subject to hydrolysis) is 1. The van der Waals surface area contributed by atoms with Crippen molar-refractivity contribution >= 4 is 23.0 Å². The second-order valence-electron chi connectivity index (χ2n) is 5.80. The molecule has 2 N–H and O–H groups in total. The minimum Gasteiger partial charge on any atom is -0.480 e. The number of carbonyl (C=O) groups excluding carboxylic acids is 1. The Kier molecular flexibility index (Phi) is 5.43. The molecule has 2 aromatic carbocycles. The van der Waals surface area contributed by atoms with Crippen molar-refractivity contribution in [3.05, 3.63) is 78.0 Å². The number of carboxylic acids is 1. The van der Waals surface area contributed by atoms with Gasteiger partial charge in [-0.05, 0) is 17.7 Å². The second kappa shape index (κ2) is 8.11. The first-order chi connectivity index (χ1) is 12.6. The molecule has 0 radical (unpaired) electrons. The van der Waals surface area contributed by atoms with E-state index in [1.165, 1.54) is 0 Å². The van der Waals surface area contributed by atoms with Gasteiger partial charge >= 0.3 is 12.1 Å². The van der Waals surface area contributed by atoms with E-state index in [-0.39, 0.29) is 13.0 Å². The molecule has 0 spiro atoms. The maximum atomic E-state index is 11.9. The molecular weight excluding hydrogens is 332 g/mol. The number of amides is 1. The zero-order chi connectivity index (χ0) is 18.4. The number of rotatable bonds is 6. The molecule has 1 atom stereocenters. The average Bonchev–Trinajstić information content (AvgIpc) is 2.66. The number of pyridine rings is 1. The molecule has 0 saturated carbocycles. The Hall–Kier alpha value is -3.41. The van der Waals surface area contributed by atoms with E-state index >= 15 is 0 Å². The lowest BCUT2D eigenvalue weighted by molar-refractivity contribution is -0.139. The average molecular weight is 350 g/mol. The fourth-order valence-electron chi connectivity index (χ4n) is 2.54. The zero-order valence-electron chi connectivity index (χ0n) is 14.0. The number of benzene rings is 2. The third kappa shape index (κ3) is 4.57. The summed E-state index contributed by atoms with van der Waals surface area (Å²) in [4.78, 5) is 27.8. The zero-order valence-corrected chi connectivity index (χ0v) is 14.0. The number of carboxylic acid groups (broad SMARTS) is 1. The Morgan fingerprint density at radius 2 is 1.73 bits per heavy atom. The van der Waals surface area contributed by atoms with Gasteiger partial charge in [-0.3, -0.25) is 4.98 Å². The standard InChI is InChI=1S/C20H18N2O4/c23-19(24)18(22-20(25)26-13-14-6-2-1-3-7-14)12-16-11-10-15-8-4-5-9-17(15)21-16/h1-11,18H,12-13H2,(H,22,25)(H,23,24)/t18-/m0/s1. The predicted octanol–water partition coefficient (Wildman–Crippen LogP) is 3.16. The summed E-state index contributed by atoms with van der Waals surface area (Å²) >= 11 is 0. The van der Waals surface area contributed by atoms with E-state index in [4.69, 9.17) is 4.74 Å². The quantitative estimate of drug-likeness (QED) is 0.713. The molecule has 0 aliphatic carbocycles. The monoisotopic (exact) mass is 350 g/mol. The summed E-state index contributed by atoms with van der Waals surface area (Å²) in [6.07, 6.45) is -0.706. The van der Waals surface area contributed by atoms with Crippen LogP contribution in [-0.4, -0.2) is 28.2 Å². The molecule has 0 saturated heterocycles. The number of carbonyl (C=O) groups is 2. The molecule has 1 aromatic heterocycles. The van der Waals surface area contributed by atoms with Gasteiger partial charge in [-0.2, -0.15) is 0 Å². The van der Waals surface area contributed by atoms with Crippen LogP contribution in [0.5, 0.6) is 0 Å². The van der Waals surface area contributed by atoms with Crippen molar-refractivity contribution in [2.24, 2.45) is 0 Å². The number of fused-ring (bicyclic) bond motifs is 1. The van der Waals surface area contributed by atoms with Gasteiger partial charge in [0.15, 0.2) is 0 Å². The molecule has 3 rings (SSSR count). The molecule has 1 heterocycles. The lowest BCUT2D eigenvalue weighted by Crippen LogP contribution is -2.42. The first-order valence-electron chi connectivity index (χ1n) is 8.16. The highest BCUT2D eigenvalue weighted by Gasteiger charge is 2.22. The smallest absolute Gasteiger partial charge is 0.408 e. The number of ether oxygens (including phenoxy) is 1. The van der Waals surface area contributed by atoms with Crippen LogP contribution in [0.3, 0.4) is 0 Å². The van der Waals surface area contributed by atoms with Gasteiger partial charge in [0.05, 0.1) is 5.52 Å². The number of hydrogen-bond donors (Lipinski definition) is 2. The van der Waals surface area contributed by atoms with Gasteiger partial charge in [0.2, 0.25) is 0 Å². The van der Waals surface area contributed by atoms with E-state index < -0.39 is 18.1 Å². The van der Waals surface area contributed by atoms with Gasteiger partial charge < -0.3 is 15.2 Å². The number of nitrogens with one attached hydrogen (secondary N) is 1. The summed E-state index contributed by atoms with van der Waals surface area (Å²) in [7, 11) is 0. The van der Waals surface area contributed by atoms with Crippen LogP contribution in [0.25, 0.3) is 10.9 Å². The molecule has 3 aromatic rings. The Labute approximate surface area is 150 Å². The van der Waals surface area contributed by atoms with E-state index in [1.807, 2.05) is 60.7 Å². The van der Waals surface area contributed by atoms with Crippen LogP contribution in [0.2, 0.25) is 0 Å². The van der Waals surface area contributed by atoms with Crippen LogP contribution in [0.4, 0.5) is 4.79 Å². The number of aliphatic carboxylic acids is 1. The second-order valence-corrected chi connectivity index (χ2v) is 5.80. The SMILES string of the molecule is O=C(N[C@@H](Cc1ccc2ccccc2n1)C(=O)O)OCc1ccccc1. The van der Waals surface area contributed by atoms with Crippen molar-refractivity contribution in [2.45, 2.75) is 19.1 Å². The summed E-state index contributed by atoms with van der Waals surface area (Å²) in [5, 5.41) is 12.7. The summed E-state index contributed by atoms with van der Waals surface area (Å²) in [5.41, 5.74) is 2.19. The van der Waals surface area contributed by atoms with Crippen molar-refractivity contribution in [1.82, 2.24) is 10.3 Å². The van der Waals surface area contributed by atoms with Crippen LogP contribution < -0.4 is 5.32 Å². The van der Waals surface area contributed by atoms with Crippen LogP contribution in [0.15, 0.2) is 66.7 Å². The van der Waals surface area contributed by atoms with Gasteiger partial charge in [0, 0.05) is 17.5 Å². The Bertz CT molecular complexity index is 912. The number of aromatic nitrogens is 1. The third-order valence-electron chi connectivity index (χ3n) is 3.87. The van der Waals surface area contributed by atoms with Crippen molar-refractivity contribution in [3.63, 3.8) is 0 Å².